The largest absolute Gasteiger partial charge is 0.508 e. The Kier molecular flexibility index (Phi) is 11.3. The van der Waals surface area contributed by atoms with Gasteiger partial charge in [0, 0.05) is 22.2 Å². The number of ether oxygens (including phenoxy) is 1. The lowest BCUT2D eigenvalue weighted by Gasteiger charge is -2.24. The van der Waals surface area contributed by atoms with Gasteiger partial charge in [0.05, 0.1) is 17.8 Å². The van der Waals surface area contributed by atoms with Crippen LogP contribution in [0.4, 0.5) is 0 Å². The number of benzene rings is 8. The minimum Gasteiger partial charge on any atom is -0.508 e. The summed E-state index contributed by atoms with van der Waals surface area (Å²) in [5.41, 5.74) is 8.92. The minimum absolute atomic E-state index is 0.0671. The molecule has 0 aliphatic heterocycles. The fraction of sp³-hybridized carbons (Fsp3) is 0.0164. The van der Waals surface area contributed by atoms with Gasteiger partial charge in [0.25, 0.3) is 0 Å². The summed E-state index contributed by atoms with van der Waals surface area (Å²) in [4.78, 5) is 10.1. The van der Waals surface area contributed by atoms with Gasteiger partial charge in [-0.05, 0) is 83.9 Å². The van der Waals surface area contributed by atoms with E-state index in [1.807, 2.05) is 158 Å². The zero-order chi connectivity index (χ0) is 49.4. The van der Waals surface area contributed by atoms with Gasteiger partial charge < -0.3 is 27.6 Å². The number of aromatic hydroxyl groups is 1. The summed E-state index contributed by atoms with van der Waals surface area (Å²) in [6.45, 7) is -1.21. The molecule has 0 spiro atoms. The maximum Gasteiger partial charge on any atom is 0.328 e. The van der Waals surface area contributed by atoms with Crippen molar-refractivity contribution in [3.63, 3.8) is 0 Å². The van der Waals surface area contributed by atoms with Crippen LogP contribution in [0.2, 0.25) is 0 Å². The van der Waals surface area contributed by atoms with Crippen LogP contribution in [-0.2, 0) is 0 Å². The molecular weight excluding hydrogens is 902 g/mol. The number of nitrogens with zero attached hydrogens (tertiary/aromatic N) is 6. The lowest BCUT2D eigenvalue weighted by Crippen LogP contribution is -2.54. The zero-order valence-corrected chi connectivity index (χ0v) is 39.3. The van der Waals surface area contributed by atoms with Crippen molar-refractivity contribution in [2.45, 2.75) is 0 Å². The van der Waals surface area contributed by atoms with Crippen molar-refractivity contribution < 1.29 is 18.7 Å². The van der Waals surface area contributed by atoms with Crippen molar-refractivity contribution in [1.82, 2.24) is 18.9 Å². The number of methoxy groups -OCH3 is 1. The fourth-order valence-corrected chi connectivity index (χ4v) is 10.2. The Balaban J connectivity index is 1.45. The highest BCUT2D eigenvalue weighted by molar-refractivity contribution is 6.85. The Bertz CT molecular complexity index is 3970. The molecule has 0 amide bonds. The van der Waals surface area contributed by atoms with E-state index in [-0.39, 0.29) is 28.7 Å². The molecule has 0 unspecified atom stereocenters. The van der Waals surface area contributed by atoms with Crippen molar-refractivity contribution in [3.8, 4) is 46.2 Å². The number of rotatable bonds is 11. The number of hydrogen-bond acceptors (Lipinski definition) is 8. The summed E-state index contributed by atoms with van der Waals surface area (Å²) in [5, 5.41) is 37.3. The predicted molar refractivity (Wildman–Crippen MR) is 289 cm³/mol. The van der Waals surface area contributed by atoms with E-state index in [1.165, 1.54) is 0 Å². The second-order valence-corrected chi connectivity index (χ2v) is 17.6. The Hall–Kier alpha value is -10.0. The molecule has 0 saturated carbocycles. The molecule has 0 radical (unpaired) electrons. The molecular formula is C61H40B2N6O4. The summed E-state index contributed by atoms with van der Waals surface area (Å²) >= 11 is 0. The molecule has 0 atom stereocenters. The van der Waals surface area contributed by atoms with Crippen LogP contribution >= 0.6 is 0 Å². The molecule has 0 aliphatic carbocycles. The van der Waals surface area contributed by atoms with Crippen LogP contribution in [0.15, 0.2) is 227 Å². The molecule has 4 heterocycles. The molecule has 8 aromatic carbocycles. The number of hydrogen-bond donors (Lipinski definition) is 1. The van der Waals surface area contributed by atoms with Crippen molar-refractivity contribution in [1.29, 1.82) is 10.5 Å². The maximum absolute atomic E-state index is 12.0. The van der Waals surface area contributed by atoms with E-state index in [9.17, 15) is 15.6 Å². The lowest BCUT2D eigenvalue weighted by molar-refractivity contribution is 0.415. The van der Waals surface area contributed by atoms with Crippen LogP contribution in [0.5, 0.6) is 11.5 Å². The van der Waals surface area contributed by atoms with E-state index in [4.69, 9.17) is 23.5 Å². The topological polar surface area (TPSA) is 139 Å². The first-order chi connectivity index (χ1) is 36.0. The Labute approximate surface area is 420 Å². The van der Waals surface area contributed by atoms with Crippen LogP contribution < -0.4 is 37.3 Å². The molecule has 10 nitrogen and oxygen atoms in total. The van der Waals surface area contributed by atoms with E-state index in [0.717, 1.165) is 27.4 Å². The van der Waals surface area contributed by atoms with Gasteiger partial charge in [0.15, 0.2) is 11.2 Å². The monoisotopic (exact) mass is 942 g/mol. The molecule has 12 rings (SSSR count). The summed E-state index contributed by atoms with van der Waals surface area (Å²) in [7, 11) is 1.63. The third kappa shape index (κ3) is 7.71. The third-order valence-electron chi connectivity index (χ3n) is 13.4. The van der Waals surface area contributed by atoms with Crippen LogP contribution in [0.1, 0.15) is 11.8 Å². The number of fused-ring (bicyclic) bond motifs is 3. The number of para-hydroxylation sites is 4. The summed E-state index contributed by atoms with van der Waals surface area (Å²) in [6, 6.07) is 75.8. The van der Waals surface area contributed by atoms with Gasteiger partial charge in [0.1, 0.15) is 45.8 Å². The van der Waals surface area contributed by atoms with Crippen molar-refractivity contribution >= 4 is 79.7 Å². The van der Waals surface area contributed by atoms with Gasteiger partial charge in [-0.15, -0.1) is 0 Å². The van der Waals surface area contributed by atoms with E-state index in [2.05, 4.69) is 69.6 Å². The molecule has 12 aromatic rings. The molecule has 0 fully saturated rings. The van der Waals surface area contributed by atoms with E-state index in [0.29, 0.717) is 66.4 Å². The second-order valence-electron chi connectivity index (χ2n) is 17.6. The number of nitriles is 2. The molecule has 0 bridgehead atoms. The van der Waals surface area contributed by atoms with Gasteiger partial charge in [-0.25, -0.2) is 9.97 Å². The Morgan fingerprint density at radius 1 is 0.466 bits per heavy atom. The molecule has 344 valence electrons. The fourth-order valence-electron chi connectivity index (χ4n) is 10.2. The van der Waals surface area contributed by atoms with E-state index >= 15 is 0 Å². The molecule has 0 saturated heterocycles. The zero-order valence-electron chi connectivity index (χ0n) is 39.3. The van der Waals surface area contributed by atoms with Gasteiger partial charge in [-0.3, -0.25) is 0 Å². The van der Waals surface area contributed by atoms with Gasteiger partial charge in [-0.2, -0.15) is 10.5 Å². The van der Waals surface area contributed by atoms with Crippen molar-refractivity contribution in [2.75, 3.05) is 7.11 Å². The second kappa shape index (κ2) is 18.7. The summed E-state index contributed by atoms with van der Waals surface area (Å²) < 4.78 is 23.5. The van der Waals surface area contributed by atoms with Crippen LogP contribution in [0, 0.1) is 22.7 Å². The number of aromatic nitrogens is 4. The normalized spacial score (nSPS) is 12.1. The average Bonchev–Trinajstić information content (AvgIpc) is 4.23. The first-order valence-electron chi connectivity index (χ1n) is 23.7. The van der Waals surface area contributed by atoms with Crippen LogP contribution in [0.3, 0.4) is 0 Å². The summed E-state index contributed by atoms with van der Waals surface area (Å²) in [6.07, 6.45) is 0. The number of phenolic OH excluding ortho intramolecular Hbond substituents is 1. The molecule has 4 aromatic heterocycles. The SMILES string of the molecule is COc1ccc(-c2c3/c(=C(\C#N)c4nc5ccccc5o4)n(B(c4ccccc4)c4ccccc4)c(-c4ccc(O)cc4)c3/c(=C(\C#N)c3nc4ccccc4o3)n2B(c2ccccc2)c2ccccc2)cc1. The summed E-state index contributed by atoms with van der Waals surface area (Å²) in [5.74, 6) is 0.936. The van der Waals surface area contributed by atoms with E-state index in [1.54, 1.807) is 19.2 Å². The number of phenols is 1. The Morgan fingerprint density at radius 2 is 0.808 bits per heavy atom. The lowest BCUT2D eigenvalue weighted by atomic mass is 9.50. The molecule has 1 N–H and O–H groups in total. The van der Waals surface area contributed by atoms with Gasteiger partial charge in [0.2, 0.25) is 11.8 Å². The average molecular weight is 943 g/mol. The third-order valence-corrected chi connectivity index (χ3v) is 13.4. The van der Waals surface area contributed by atoms with E-state index < -0.39 is 13.7 Å². The molecule has 0 aliphatic rings. The predicted octanol–water partition coefficient (Wildman–Crippen LogP) is 8.53. The highest BCUT2D eigenvalue weighted by Crippen LogP contribution is 2.38. The molecule has 73 heavy (non-hydrogen) atoms. The highest BCUT2D eigenvalue weighted by Gasteiger charge is 2.38. The first kappa shape index (κ1) is 44.2. The highest BCUT2D eigenvalue weighted by atomic mass is 16.5. The van der Waals surface area contributed by atoms with Crippen molar-refractivity contribution in [3.05, 3.63) is 241 Å². The van der Waals surface area contributed by atoms with Gasteiger partial charge in [-0.1, -0.05) is 167 Å². The van der Waals surface area contributed by atoms with Crippen LogP contribution in [0.25, 0.3) is 66.6 Å². The smallest absolute Gasteiger partial charge is 0.328 e. The standard InChI is InChI=1S/C61H40B2N6O4/c1-71-47-36-32-41(33-37-47)57-55-54(58(48(38-64)60-66-50-26-14-16-28-52(50)72-60)69(57)63(44-22-10-4-11-23-44)45-24-12-5-13-25-45)56(40-30-34-46(70)35-31-40)68(62(42-18-6-2-7-19-42)43-20-8-3-9-21-43)59(55)49(39-65)61-67-51-27-15-17-29-53(51)73-61/h2-37,70H,1H3/b58-48-,59-49-. The first-order valence-corrected chi connectivity index (χ1v) is 23.7. The molecule has 12 heteroatoms. The van der Waals surface area contributed by atoms with Crippen molar-refractivity contribution in [2.24, 2.45) is 0 Å². The maximum atomic E-state index is 12.0. The number of oxazole rings is 2. The van der Waals surface area contributed by atoms with Gasteiger partial charge >= 0.3 is 13.7 Å². The Morgan fingerprint density at radius 3 is 1.15 bits per heavy atom. The quantitative estimate of drug-likeness (QED) is 0.128. The minimum atomic E-state index is -0.611. The van der Waals surface area contributed by atoms with Crippen LogP contribution in [-0.4, -0.2) is 44.8 Å².